The SMILES string of the molecule is CC.CCCc1c(OC)ccc2c(C(F)(F)F)noc12. The number of alkyl halides is 3. The highest BCUT2D eigenvalue weighted by atomic mass is 19.4. The Kier molecular flexibility index (Phi) is 5.42. The molecule has 0 fully saturated rings. The van der Waals surface area contributed by atoms with Gasteiger partial charge in [0.15, 0.2) is 11.3 Å². The van der Waals surface area contributed by atoms with Crippen LogP contribution in [-0.4, -0.2) is 12.3 Å². The topological polar surface area (TPSA) is 35.3 Å². The third-order valence-electron chi connectivity index (χ3n) is 2.69. The Labute approximate surface area is 115 Å². The molecule has 0 aliphatic carbocycles. The molecule has 0 unspecified atom stereocenters. The van der Waals surface area contributed by atoms with Crippen LogP contribution in [0.1, 0.15) is 38.4 Å². The summed E-state index contributed by atoms with van der Waals surface area (Å²) in [6.07, 6.45) is -3.16. The molecule has 0 aliphatic rings. The molecule has 0 spiro atoms. The van der Waals surface area contributed by atoms with Gasteiger partial charge in [0.2, 0.25) is 0 Å². The number of benzene rings is 1. The molecule has 20 heavy (non-hydrogen) atoms. The highest BCUT2D eigenvalue weighted by Gasteiger charge is 2.37. The molecule has 0 bridgehead atoms. The van der Waals surface area contributed by atoms with Gasteiger partial charge in [-0.3, -0.25) is 0 Å². The van der Waals surface area contributed by atoms with E-state index < -0.39 is 11.9 Å². The molecular formula is C14H18F3NO2. The molecule has 0 saturated heterocycles. The van der Waals surface area contributed by atoms with E-state index in [4.69, 9.17) is 9.26 Å². The maximum absolute atomic E-state index is 12.7. The lowest BCUT2D eigenvalue weighted by Crippen LogP contribution is -2.05. The number of rotatable bonds is 3. The van der Waals surface area contributed by atoms with Crippen molar-refractivity contribution in [3.63, 3.8) is 0 Å². The van der Waals surface area contributed by atoms with E-state index in [1.807, 2.05) is 20.8 Å². The summed E-state index contributed by atoms with van der Waals surface area (Å²) < 4.78 is 48.1. The molecule has 0 N–H and O–H groups in total. The van der Waals surface area contributed by atoms with Crippen LogP contribution in [0.25, 0.3) is 11.0 Å². The maximum atomic E-state index is 12.7. The summed E-state index contributed by atoms with van der Waals surface area (Å²) in [4.78, 5) is 0. The number of aryl methyl sites for hydroxylation is 1. The summed E-state index contributed by atoms with van der Waals surface area (Å²) in [7, 11) is 1.47. The summed E-state index contributed by atoms with van der Waals surface area (Å²) in [6.45, 7) is 5.93. The van der Waals surface area contributed by atoms with E-state index in [9.17, 15) is 13.2 Å². The first-order valence-corrected chi connectivity index (χ1v) is 6.51. The lowest BCUT2D eigenvalue weighted by atomic mass is 10.0. The second-order valence-electron chi connectivity index (χ2n) is 3.90. The van der Waals surface area contributed by atoms with Crippen molar-refractivity contribution in [3.8, 4) is 5.75 Å². The zero-order valence-corrected chi connectivity index (χ0v) is 12.0. The van der Waals surface area contributed by atoms with Crippen molar-refractivity contribution < 1.29 is 22.4 Å². The Morgan fingerprint density at radius 1 is 1.25 bits per heavy atom. The summed E-state index contributed by atoms with van der Waals surface area (Å²) in [5.41, 5.74) is -0.207. The largest absolute Gasteiger partial charge is 0.496 e. The van der Waals surface area contributed by atoms with E-state index >= 15 is 0 Å². The zero-order valence-electron chi connectivity index (χ0n) is 12.0. The highest BCUT2D eigenvalue weighted by Crippen LogP contribution is 2.37. The van der Waals surface area contributed by atoms with Crippen molar-refractivity contribution in [3.05, 3.63) is 23.4 Å². The lowest BCUT2D eigenvalue weighted by Gasteiger charge is -2.07. The number of methoxy groups -OCH3 is 1. The number of fused-ring (bicyclic) bond motifs is 1. The number of hydrogen-bond donors (Lipinski definition) is 0. The number of aromatic nitrogens is 1. The van der Waals surface area contributed by atoms with Gasteiger partial charge < -0.3 is 9.26 Å². The van der Waals surface area contributed by atoms with Gasteiger partial charge in [0.1, 0.15) is 5.75 Å². The third-order valence-corrected chi connectivity index (χ3v) is 2.69. The molecule has 0 aliphatic heterocycles. The molecule has 3 nitrogen and oxygen atoms in total. The maximum Gasteiger partial charge on any atom is 0.437 e. The molecule has 0 radical (unpaired) electrons. The Hall–Kier alpha value is -1.72. The monoisotopic (exact) mass is 289 g/mol. The van der Waals surface area contributed by atoms with Gasteiger partial charge in [-0.2, -0.15) is 13.2 Å². The first-order chi connectivity index (χ1) is 9.49. The molecule has 0 amide bonds. The van der Waals surface area contributed by atoms with Crippen LogP contribution < -0.4 is 4.74 Å². The molecule has 2 aromatic rings. The first-order valence-electron chi connectivity index (χ1n) is 6.51. The number of ether oxygens (including phenoxy) is 1. The Bertz CT molecular complexity index is 561. The van der Waals surface area contributed by atoms with E-state index in [0.717, 1.165) is 6.42 Å². The van der Waals surface area contributed by atoms with Crippen molar-refractivity contribution in [2.75, 3.05) is 7.11 Å². The Morgan fingerprint density at radius 2 is 1.90 bits per heavy atom. The van der Waals surface area contributed by atoms with Gasteiger partial charge in [-0.25, -0.2) is 0 Å². The molecule has 1 heterocycles. The van der Waals surface area contributed by atoms with Gasteiger partial charge in [0.25, 0.3) is 0 Å². The van der Waals surface area contributed by atoms with E-state index in [2.05, 4.69) is 5.16 Å². The molecule has 1 aromatic carbocycles. The van der Waals surface area contributed by atoms with Crippen LogP contribution >= 0.6 is 0 Å². The molecule has 1 aromatic heterocycles. The third kappa shape index (κ3) is 3.05. The van der Waals surface area contributed by atoms with Crippen LogP contribution in [0, 0.1) is 0 Å². The highest BCUT2D eigenvalue weighted by molar-refractivity contribution is 5.85. The van der Waals surface area contributed by atoms with E-state index in [1.165, 1.54) is 19.2 Å². The van der Waals surface area contributed by atoms with Gasteiger partial charge in [-0.1, -0.05) is 32.3 Å². The second kappa shape index (κ2) is 6.63. The molecular weight excluding hydrogens is 271 g/mol. The number of halogens is 3. The molecule has 0 saturated carbocycles. The van der Waals surface area contributed by atoms with Gasteiger partial charge in [-0.05, 0) is 18.6 Å². The summed E-state index contributed by atoms with van der Waals surface area (Å²) >= 11 is 0. The summed E-state index contributed by atoms with van der Waals surface area (Å²) in [5, 5.41) is 3.11. The molecule has 0 atom stereocenters. The van der Waals surface area contributed by atoms with E-state index in [-0.39, 0.29) is 11.0 Å². The summed E-state index contributed by atoms with van der Waals surface area (Å²) in [6, 6.07) is 2.84. The van der Waals surface area contributed by atoms with Crippen LogP contribution in [0.4, 0.5) is 13.2 Å². The minimum absolute atomic E-state index is 0.0215. The van der Waals surface area contributed by atoms with Crippen molar-refractivity contribution in [2.45, 2.75) is 39.8 Å². The minimum atomic E-state index is -4.51. The first kappa shape index (κ1) is 16.3. The predicted molar refractivity (Wildman–Crippen MR) is 70.9 cm³/mol. The second-order valence-corrected chi connectivity index (χ2v) is 3.90. The summed E-state index contributed by atoms with van der Waals surface area (Å²) in [5.74, 6) is 0.522. The van der Waals surface area contributed by atoms with Crippen molar-refractivity contribution in [1.29, 1.82) is 0 Å². The van der Waals surface area contributed by atoms with Crippen molar-refractivity contribution in [1.82, 2.24) is 5.16 Å². The standard InChI is InChI=1S/C12H12F3NO2.C2H6/c1-3-4-7-9(17-2)6-5-8-10(7)18-16-11(8)12(13,14)15;1-2/h5-6H,3-4H2,1-2H3;1-2H3. The quantitative estimate of drug-likeness (QED) is 0.811. The van der Waals surface area contributed by atoms with Crippen LogP contribution in [0.2, 0.25) is 0 Å². The van der Waals surface area contributed by atoms with E-state index in [0.29, 0.717) is 17.7 Å². The zero-order chi connectivity index (χ0) is 15.3. The fourth-order valence-electron chi connectivity index (χ4n) is 1.92. The van der Waals surface area contributed by atoms with Crippen molar-refractivity contribution in [2.24, 2.45) is 0 Å². The minimum Gasteiger partial charge on any atom is -0.496 e. The molecule has 112 valence electrons. The van der Waals surface area contributed by atoms with Crippen LogP contribution in [0.3, 0.4) is 0 Å². The lowest BCUT2D eigenvalue weighted by molar-refractivity contribution is -0.141. The van der Waals surface area contributed by atoms with Crippen LogP contribution in [-0.2, 0) is 12.6 Å². The van der Waals surface area contributed by atoms with Gasteiger partial charge >= 0.3 is 6.18 Å². The number of nitrogens with zero attached hydrogens (tertiary/aromatic N) is 1. The predicted octanol–water partition coefficient (Wildman–Crippen LogP) is 4.83. The smallest absolute Gasteiger partial charge is 0.437 e. The van der Waals surface area contributed by atoms with Gasteiger partial charge in [0.05, 0.1) is 12.5 Å². The average Bonchev–Trinajstić information content (AvgIpc) is 2.86. The fraction of sp³-hybridized carbons (Fsp3) is 0.500. The Balaban J connectivity index is 0.000000956. The van der Waals surface area contributed by atoms with Crippen LogP contribution in [0.15, 0.2) is 16.7 Å². The number of hydrogen-bond acceptors (Lipinski definition) is 3. The van der Waals surface area contributed by atoms with Gasteiger partial charge in [0, 0.05) is 5.56 Å². The average molecular weight is 289 g/mol. The molecule has 6 heteroatoms. The fourth-order valence-corrected chi connectivity index (χ4v) is 1.92. The molecule has 2 rings (SSSR count). The van der Waals surface area contributed by atoms with Crippen LogP contribution in [0.5, 0.6) is 5.75 Å². The van der Waals surface area contributed by atoms with Crippen molar-refractivity contribution >= 4 is 11.0 Å². The normalized spacial score (nSPS) is 11.2. The van der Waals surface area contributed by atoms with Gasteiger partial charge in [-0.15, -0.1) is 0 Å². The van der Waals surface area contributed by atoms with E-state index in [1.54, 1.807) is 0 Å². The Morgan fingerprint density at radius 3 is 2.40 bits per heavy atom.